The van der Waals surface area contributed by atoms with E-state index < -0.39 is 0 Å². The summed E-state index contributed by atoms with van der Waals surface area (Å²) in [6, 6.07) is 7.60. The number of imidazole rings is 1. The minimum atomic E-state index is 0.0801. The number of amides is 1. The van der Waals surface area contributed by atoms with Crippen LogP contribution in [0.2, 0.25) is 0 Å². The van der Waals surface area contributed by atoms with E-state index in [1.165, 1.54) is 0 Å². The van der Waals surface area contributed by atoms with Crippen LogP contribution in [0.4, 0.5) is 0 Å². The maximum absolute atomic E-state index is 12.7. The number of rotatable bonds is 2. The zero-order valence-corrected chi connectivity index (χ0v) is 13.3. The Labute approximate surface area is 134 Å². The van der Waals surface area contributed by atoms with Crippen LogP contribution in [-0.4, -0.2) is 33.9 Å². The third-order valence-corrected chi connectivity index (χ3v) is 4.47. The van der Waals surface area contributed by atoms with E-state index >= 15 is 0 Å². The van der Waals surface area contributed by atoms with Crippen LogP contribution in [0.15, 0.2) is 34.9 Å². The molecule has 3 aromatic rings. The maximum Gasteiger partial charge on any atom is 0.253 e. The van der Waals surface area contributed by atoms with Crippen LogP contribution in [0.1, 0.15) is 40.0 Å². The lowest BCUT2D eigenvalue weighted by atomic mass is 10.1. The van der Waals surface area contributed by atoms with E-state index in [0.29, 0.717) is 12.5 Å². The van der Waals surface area contributed by atoms with Gasteiger partial charge in [-0.25, -0.2) is 4.98 Å². The van der Waals surface area contributed by atoms with Crippen LogP contribution in [0.3, 0.4) is 0 Å². The number of aromatic nitrogens is 2. The monoisotopic (exact) mass is 309 g/mol. The van der Waals surface area contributed by atoms with Crippen molar-refractivity contribution in [1.29, 1.82) is 0 Å². The van der Waals surface area contributed by atoms with Gasteiger partial charge in [-0.15, -0.1) is 0 Å². The molecule has 0 aliphatic carbocycles. The van der Waals surface area contributed by atoms with Crippen molar-refractivity contribution < 1.29 is 9.21 Å². The topological polar surface area (TPSA) is 62.1 Å². The maximum atomic E-state index is 12.7. The Morgan fingerprint density at radius 3 is 3.00 bits per heavy atom. The summed E-state index contributed by atoms with van der Waals surface area (Å²) in [5.74, 6) is 2.22. The molecule has 0 unspecified atom stereocenters. The molecular weight excluding hydrogens is 290 g/mol. The van der Waals surface area contributed by atoms with E-state index in [4.69, 9.17) is 4.42 Å². The summed E-state index contributed by atoms with van der Waals surface area (Å²) in [6.07, 6.45) is 2.79. The summed E-state index contributed by atoms with van der Waals surface area (Å²) in [5, 5.41) is 0.978. The van der Waals surface area contributed by atoms with Gasteiger partial charge in [-0.05, 0) is 44.5 Å². The van der Waals surface area contributed by atoms with Crippen LogP contribution in [0.5, 0.6) is 0 Å². The van der Waals surface area contributed by atoms with Crippen LogP contribution in [-0.2, 0) is 0 Å². The number of H-pyrrole nitrogens is 1. The average Bonchev–Trinajstić information content (AvgIpc) is 3.23. The minimum absolute atomic E-state index is 0.0801. The normalized spacial score (nSPS) is 18.0. The van der Waals surface area contributed by atoms with Gasteiger partial charge in [0.05, 0.1) is 0 Å². The number of aryl methyl sites for hydroxylation is 2. The van der Waals surface area contributed by atoms with Gasteiger partial charge in [-0.1, -0.05) is 0 Å². The van der Waals surface area contributed by atoms with Crippen LogP contribution in [0, 0.1) is 13.8 Å². The van der Waals surface area contributed by atoms with Gasteiger partial charge in [0.25, 0.3) is 5.91 Å². The zero-order chi connectivity index (χ0) is 16.0. The first kappa shape index (κ1) is 14.1. The molecule has 1 aromatic carbocycles. The highest BCUT2D eigenvalue weighted by Crippen LogP contribution is 2.27. The Balaban J connectivity index is 1.54. The molecule has 1 aliphatic heterocycles. The van der Waals surface area contributed by atoms with Gasteiger partial charge in [-0.2, -0.15) is 0 Å². The summed E-state index contributed by atoms with van der Waals surface area (Å²) in [5.41, 5.74) is 2.60. The second-order valence-corrected chi connectivity index (χ2v) is 6.30. The van der Waals surface area contributed by atoms with Gasteiger partial charge in [0.15, 0.2) is 0 Å². The minimum Gasteiger partial charge on any atom is -0.461 e. The summed E-state index contributed by atoms with van der Waals surface area (Å²) in [7, 11) is 0. The lowest BCUT2D eigenvalue weighted by Crippen LogP contribution is -2.28. The average molecular weight is 309 g/mol. The SMILES string of the molecule is Cc1cnc([C@@H]2CCN(C(=O)c3ccc4oc(C)cc4c3)C2)[nH]1. The molecule has 1 N–H and O–H groups in total. The highest BCUT2D eigenvalue weighted by atomic mass is 16.3. The predicted molar refractivity (Wildman–Crippen MR) is 87.5 cm³/mol. The van der Waals surface area contributed by atoms with E-state index in [1.807, 2.05) is 49.2 Å². The Hall–Kier alpha value is -2.56. The first-order valence-electron chi connectivity index (χ1n) is 7.91. The second kappa shape index (κ2) is 5.26. The molecule has 5 nitrogen and oxygen atoms in total. The molecule has 118 valence electrons. The first-order valence-corrected chi connectivity index (χ1v) is 7.91. The fourth-order valence-corrected chi connectivity index (χ4v) is 3.30. The van der Waals surface area contributed by atoms with Crippen molar-refractivity contribution in [2.45, 2.75) is 26.2 Å². The number of hydrogen-bond acceptors (Lipinski definition) is 3. The number of nitrogens with one attached hydrogen (secondary N) is 1. The van der Waals surface area contributed by atoms with E-state index in [1.54, 1.807) is 0 Å². The molecule has 23 heavy (non-hydrogen) atoms. The Morgan fingerprint density at radius 1 is 1.35 bits per heavy atom. The summed E-state index contributed by atoms with van der Waals surface area (Å²) in [6.45, 7) is 5.40. The largest absolute Gasteiger partial charge is 0.461 e. The van der Waals surface area contributed by atoms with Crippen molar-refractivity contribution in [2.75, 3.05) is 13.1 Å². The number of carbonyl (C=O) groups excluding carboxylic acids is 1. The van der Waals surface area contributed by atoms with Gasteiger partial charge in [0, 0.05) is 41.8 Å². The number of aromatic amines is 1. The number of hydrogen-bond donors (Lipinski definition) is 1. The van der Waals surface area contributed by atoms with Crippen molar-refractivity contribution in [3.8, 4) is 0 Å². The molecule has 1 atom stereocenters. The summed E-state index contributed by atoms with van der Waals surface area (Å²) in [4.78, 5) is 22.3. The molecule has 0 spiro atoms. The molecule has 0 bridgehead atoms. The highest BCUT2D eigenvalue weighted by Gasteiger charge is 2.29. The van der Waals surface area contributed by atoms with Crippen LogP contribution >= 0.6 is 0 Å². The van der Waals surface area contributed by atoms with E-state index in [-0.39, 0.29) is 5.91 Å². The molecule has 0 saturated carbocycles. The standard InChI is InChI=1S/C18H19N3O2/c1-11-9-19-17(20-11)14-5-6-21(10-14)18(22)13-3-4-16-15(8-13)7-12(2)23-16/h3-4,7-9,14H,5-6,10H2,1-2H3,(H,19,20)/t14-/m1/s1. The third kappa shape index (κ3) is 2.52. The molecule has 1 saturated heterocycles. The molecule has 1 fully saturated rings. The lowest BCUT2D eigenvalue weighted by Gasteiger charge is -2.16. The second-order valence-electron chi connectivity index (χ2n) is 6.30. The molecule has 1 amide bonds. The van der Waals surface area contributed by atoms with E-state index in [9.17, 15) is 4.79 Å². The van der Waals surface area contributed by atoms with E-state index in [2.05, 4.69) is 9.97 Å². The van der Waals surface area contributed by atoms with Gasteiger partial charge in [0.1, 0.15) is 17.2 Å². The predicted octanol–water partition coefficient (Wildman–Crippen LogP) is 3.40. The van der Waals surface area contributed by atoms with Crippen molar-refractivity contribution >= 4 is 16.9 Å². The summed E-state index contributed by atoms with van der Waals surface area (Å²) >= 11 is 0. The van der Waals surface area contributed by atoms with Crippen LogP contribution in [0.25, 0.3) is 11.0 Å². The van der Waals surface area contributed by atoms with Gasteiger partial charge >= 0.3 is 0 Å². The van der Waals surface area contributed by atoms with Gasteiger partial charge < -0.3 is 14.3 Å². The van der Waals surface area contributed by atoms with Crippen molar-refractivity contribution in [2.24, 2.45) is 0 Å². The Kier molecular flexibility index (Phi) is 3.22. The molecule has 2 aromatic heterocycles. The highest BCUT2D eigenvalue weighted by molar-refractivity contribution is 5.98. The fourth-order valence-electron chi connectivity index (χ4n) is 3.30. The Bertz CT molecular complexity index is 877. The van der Waals surface area contributed by atoms with Crippen molar-refractivity contribution in [1.82, 2.24) is 14.9 Å². The van der Waals surface area contributed by atoms with E-state index in [0.717, 1.165) is 46.8 Å². The number of likely N-dealkylation sites (tertiary alicyclic amines) is 1. The third-order valence-electron chi connectivity index (χ3n) is 4.47. The summed E-state index contributed by atoms with van der Waals surface area (Å²) < 4.78 is 5.57. The fraction of sp³-hybridized carbons (Fsp3) is 0.333. The molecule has 0 radical (unpaired) electrons. The first-order chi connectivity index (χ1) is 11.1. The molecule has 4 rings (SSSR count). The van der Waals surface area contributed by atoms with Gasteiger partial charge in [0.2, 0.25) is 0 Å². The molecule has 5 heteroatoms. The molecule has 1 aliphatic rings. The number of furan rings is 1. The molecule has 3 heterocycles. The number of carbonyl (C=O) groups is 1. The van der Waals surface area contributed by atoms with Crippen molar-refractivity contribution in [3.05, 3.63) is 53.3 Å². The van der Waals surface area contributed by atoms with Crippen molar-refractivity contribution in [3.63, 3.8) is 0 Å². The lowest BCUT2D eigenvalue weighted by molar-refractivity contribution is 0.0790. The zero-order valence-electron chi connectivity index (χ0n) is 13.3. The smallest absolute Gasteiger partial charge is 0.253 e. The molecular formula is C18H19N3O2. The quantitative estimate of drug-likeness (QED) is 0.789. The number of fused-ring (bicyclic) bond motifs is 1. The number of nitrogens with zero attached hydrogens (tertiary/aromatic N) is 2. The van der Waals surface area contributed by atoms with Crippen LogP contribution < -0.4 is 0 Å². The number of benzene rings is 1. The Morgan fingerprint density at radius 2 is 2.22 bits per heavy atom. The van der Waals surface area contributed by atoms with Gasteiger partial charge in [-0.3, -0.25) is 4.79 Å².